The van der Waals surface area contributed by atoms with Crippen LogP contribution in [0.5, 0.6) is 0 Å². The smallest absolute Gasteiger partial charge is 0.258 e. The van der Waals surface area contributed by atoms with Gasteiger partial charge in [0, 0.05) is 38.5 Å². The van der Waals surface area contributed by atoms with Crippen LogP contribution in [0.3, 0.4) is 0 Å². The fourth-order valence-corrected chi connectivity index (χ4v) is 4.66. The van der Waals surface area contributed by atoms with Gasteiger partial charge in [0.25, 0.3) is 5.91 Å². The van der Waals surface area contributed by atoms with E-state index in [1.54, 1.807) is 6.20 Å². The largest absolute Gasteiger partial charge is 0.305 e. The van der Waals surface area contributed by atoms with E-state index >= 15 is 0 Å². The van der Waals surface area contributed by atoms with E-state index in [-0.39, 0.29) is 11.3 Å². The molecule has 3 aromatic heterocycles. The molecule has 0 fully saturated rings. The SMILES string of the molecule is CC(C)(C)c1cc(NC(=O)c2ccccc2Sc2ccc3c(/C=C/c4ccccn4)n[nH]c3c2)n[nH]1. The quantitative estimate of drug-likeness (QED) is 0.248. The van der Waals surface area contributed by atoms with Crippen molar-refractivity contribution in [2.24, 2.45) is 0 Å². The molecule has 0 aliphatic carbocycles. The molecule has 0 atom stereocenters. The zero-order valence-electron chi connectivity index (χ0n) is 20.2. The van der Waals surface area contributed by atoms with Gasteiger partial charge < -0.3 is 5.32 Å². The average molecular weight is 495 g/mol. The minimum Gasteiger partial charge on any atom is -0.305 e. The highest BCUT2D eigenvalue weighted by atomic mass is 32.2. The number of anilines is 1. The molecule has 0 aliphatic rings. The molecule has 36 heavy (non-hydrogen) atoms. The molecule has 8 heteroatoms. The summed E-state index contributed by atoms with van der Waals surface area (Å²) in [6.45, 7) is 6.27. The van der Waals surface area contributed by atoms with Gasteiger partial charge in [0.2, 0.25) is 0 Å². The number of nitrogens with one attached hydrogen (secondary N) is 3. The topological polar surface area (TPSA) is 99.3 Å². The van der Waals surface area contributed by atoms with Gasteiger partial charge in [-0.15, -0.1) is 0 Å². The van der Waals surface area contributed by atoms with Gasteiger partial charge >= 0.3 is 0 Å². The highest BCUT2D eigenvalue weighted by Crippen LogP contribution is 2.33. The first-order valence-corrected chi connectivity index (χ1v) is 12.4. The summed E-state index contributed by atoms with van der Waals surface area (Å²) in [5, 5.41) is 18.7. The van der Waals surface area contributed by atoms with Crippen LogP contribution in [0.4, 0.5) is 5.82 Å². The number of carbonyl (C=O) groups excluding carboxylic acids is 1. The molecule has 5 rings (SSSR count). The van der Waals surface area contributed by atoms with E-state index in [1.165, 1.54) is 11.8 Å². The molecular formula is C28H26N6OS. The van der Waals surface area contributed by atoms with Crippen LogP contribution in [0.25, 0.3) is 23.1 Å². The van der Waals surface area contributed by atoms with Gasteiger partial charge in [-0.25, -0.2) is 0 Å². The third kappa shape index (κ3) is 5.23. The minimum absolute atomic E-state index is 0.0802. The Morgan fingerprint density at radius 1 is 0.944 bits per heavy atom. The van der Waals surface area contributed by atoms with Crippen LogP contribution in [0.1, 0.15) is 48.2 Å². The number of hydrogen-bond acceptors (Lipinski definition) is 5. The van der Waals surface area contributed by atoms with Crippen LogP contribution in [0, 0.1) is 0 Å². The molecule has 0 saturated carbocycles. The number of carbonyl (C=O) groups is 1. The summed E-state index contributed by atoms with van der Waals surface area (Å²) in [5.41, 5.74) is 4.12. The third-order valence-electron chi connectivity index (χ3n) is 5.65. The van der Waals surface area contributed by atoms with E-state index in [0.29, 0.717) is 11.4 Å². The van der Waals surface area contributed by atoms with Crippen molar-refractivity contribution in [2.45, 2.75) is 36.0 Å². The number of hydrogen-bond donors (Lipinski definition) is 3. The average Bonchev–Trinajstić information content (AvgIpc) is 3.50. The maximum absolute atomic E-state index is 13.1. The van der Waals surface area contributed by atoms with E-state index in [4.69, 9.17) is 0 Å². The molecule has 0 spiro atoms. The maximum Gasteiger partial charge on any atom is 0.258 e. The highest BCUT2D eigenvalue weighted by Gasteiger charge is 2.19. The Morgan fingerprint density at radius 3 is 2.56 bits per heavy atom. The van der Waals surface area contributed by atoms with Crippen LogP contribution >= 0.6 is 11.8 Å². The second-order valence-electron chi connectivity index (χ2n) is 9.37. The van der Waals surface area contributed by atoms with Gasteiger partial charge in [-0.2, -0.15) is 10.2 Å². The van der Waals surface area contributed by atoms with Crippen molar-refractivity contribution >= 4 is 46.5 Å². The molecule has 0 aliphatic heterocycles. The number of pyridine rings is 1. The Kier molecular flexibility index (Phi) is 6.43. The molecule has 0 unspecified atom stereocenters. The number of rotatable bonds is 6. The first-order chi connectivity index (χ1) is 17.4. The lowest BCUT2D eigenvalue weighted by molar-refractivity contribution is 0.102. The fourth-order valence-electron chi connectivity index (χ4n) is 3.67. The summed E-state index contributed by atoms with van der Waals surface area (Å²) in [4.78, 5) is 19.3. The van der Waals surface area contributed by atoms with Crippen molar-refractivity contribution in [1.82, 2.24) is 25.4 Å². The van der Waals surface area contributed by atoms with E-state index < -0.39 is 0 Å². The number of H-pyrrole nitrogens is 2. The molecule has 0 radical (unpaired) electrons. The number of aromatic nitrogens is 5. The predicted molar refractivity (Wildman–Crippen MR) is 145 cm³/mol. The Morgan fingerprint density at radius 2 is 1.78 bits per heavy atom. The minimum atomic E-state index is -0.199. The maximum atomic E-state index is 13.1. The van der Waals surface area contributed by atoms with Crippen molar-refractivity contribution in [2.75, 3.05) is 5.32 Å². The molecular weight excluding hydrogens is 468 g/mol. The summed E-state index contributed by atoms with van der Waals surface area (Å²) in [5.74, 6) is 0.310. The van der Waals surface area contributed by atoms with Crippen molar-refractivity contribution in [3.05, 3.63) is 95.6 Å². The lowest BCUT2D eigenvalue weighted by Gasteiger charge is -2.14. The van der Waals surface area contributed by atoms with Crippen LogP contribution in [-0.4, -0.2) is 31.3 Å². The molecule has 1 amide bonds. The van der Waals surface area contributed by atoms with Gasteiger partial charge in [0.15, 0.2) is 5.82 Å². The molecule has 2 aromatic carbocycles. The third-order valence-corrected chi connectivity index (χ3v) is 6.72. The molecule has 180 valence electrons. The van der Waals surface area contributed by atoms with Gasteiger partial charge in [0.1, 0.15) is 0 Å². The molecule has 0 bridgehead atoms. The van der Waals surface area contributed by atoms with Gasteiger partial charge in [-0.05, 0) is 54.6 Å². The molecule has 7 nitrogen and oxygen atoms in total. The van der Waals surface area contributed by atoms with Crippen LogP contribution in [-0.2, 0) is 5.41 Å². The second-order valence-corrected chi connectivity index (χ2v) is 10.5. The summed E-state index contributed by atoms with van der Waals surface area (Å²) in [6.07, 6.45) is 5.66. The fraction of sp³-hybridized carbons (Fsp3) is 0.143. The van der Waals surface area contributed by atoms with Crippen LogP contribution < -0.4 is 5.32 Å². The summed E-state index contributed by atoms with van der Waals surface area (Å²) in [7, 11) is 0. The summed E-state index contributed by atoms with van der Waals surface area (Å²) < 4.78 is 0. The Balaban J connectivity index is 1.34. The van der Waals surface area contributed by atoms with Crippen LogP contribution in [0.15, 0.2) is 82.7 Å². The summed E-state index contributed by atoms with van der Waals surface area (Å²) >= 11 is 1.53. The van der Waals surface area contributed by atoms with Crippen LogP contribution in [0.2, 0.25) is 0 Å². The van der Waals surface area contributed by atoms with Gasteiger partial charge in [0.05, 0.1) is 22.5 Å². The normalized spacial score (nSPS) is 11.9. The van der Waals surface area contributed by atoms with E-state index in [9.17, 15) is 4.79 Å². The molecule has 3 N–H and O–H groups in total. The molecule has 5 aromatic rings. The number of aromatic amines is 2. The lowest BCUT2D eigenvalue weighted by Crippen LogP contribution is -2.13. The number of fused-ring (bicyclic) bond motifs is 1. The van der Waals surface area contributed by atoms with E-state index in [0.717, 1.165) is 37.8 Å². The van der Waals surface area contributed by atoms with Crippen molar-refractivity contribution in [3.63, 3.8) is 0 Å². The monoisotopic (exact) mass is 494 g/mol. The van der Waals surface area contributed by atoms with Gasteiger partial charge in [-0.1, -0.05) is 50.7 Å². The number of benzene rings is 2. The van der Waals surface area contributed by atoms with Gasteiger partial charge in [-0.3, -0.25) is 20.0 Å². The standard InChI is InChI=1S/C28H26N6OS/c1-28(2,3)25-17-26(34-33-25)30-27(35)21-9-4-5-10-24(21)36-19-12-13-20-22(31-32-23(20)16-19)14-11-18-8-6-7-15-29-18/h4-17H,1-3H3,(H,31,32)(H2,30,33,34,35)/b14-11+. The highest BCUT2D eigenvalue weighted by molar-refractivity contribution is 7.99. The second kappa shape index (κ2) is 9.83. The van der Waals surface area contributed by atoms with Crippen molar-refractivity contribution < 1.29 is 4.79 Å². The Hall–Kier alpha value is -4.17. The predicted octanol–water partition coefficient (Wildman–Crippen LogP) is 6.55. The van der Waals surface area contributed by atoms with E-state index in [1.807, 2.05) is 78.9 Å². The number of amides is 1. The Labute approximate surface area is 213 Å². The first kappa shape index (κ1) is 23.6. The first-order valence-electron chi connectivity index (χ1n) is 11.6. The zero-order valence-corrected chi connectivity index (χ0v) is 21.1. The number of nitrogens with zero attached hydrogens (tertiary/aromatic N) is 3. The van der Waals surface area contributed by atoms with Crippen molar-refractivity contribution in [3.8, 4) is 0 Å². The molecule has 3 heterocycles. The Bertz CT molecular complexity index is 1550. The zero-order chi connectivity index (χ0) is 25.1. The van der Waals surface area contributed by atoms with E-state index in [2.05, 4.69) is 51.5 Å². The summed E-state index contributed by atoms with van der Waals surface area (Å²) in [6, 6.07) is 21.4. The molecule has 0 saturated heterocycles. The lowest BCUT2D eigenvalue weighted by atomic mass is 9.92. The van der Waals surface area contributed by atoms with Crippen molar-refractivity contribution in [1.29, 1.82) is 0 Å².